The highest BCUT2D eigenvalue weighted by molar-refractivity contribution is 7.89. The molecule has 0 amide bonds. The summed E-state index contributed by atoms with van der Waals surface area (Å²) in [6.07, 6.45) is 0. The molecule has 0 saturated carbocycles. The van der Waals surface area contributed by atoms with Gasteiger partial charge in [0, 0.05) is 11.6 Å². The Morgan fingerprint density at radius 2 is 1.47 bits per heavy atom. The van der Waals surface area contributed by atoms with Gasteiger partial charge in [0.25, 0.3) is 0 Å². The lowest BCUT2D eigenvalue weighted by Crippen LogP contribution is -2.23. The Kier molecular flexibility index (Phi) is 4.47. The Hall–Kier alpha value is -1.07. The summed E-state index contributed by atoms with van der Waals surface area (Å²) in [5, 5.41) is 0.707. The summed E-state index contributed by atoms with van der Waals surface area (Å²) in [7, 11) is -3.65. The first kappa shape index (κ1) is 14.3. The zero-order valence-corrected chi connectivity index (χ0v) is 12.1. The summed E-state index contributed by atoms with van der Waals surface area (Å²) in [6, 6.07) is 13.3. The number of nitrogens with one attached hydrogen (secondary N) is 1. The molecule has 2 rings (SSSR count). The van der Waals surface area contributed by atoms with Crippen LogP contribution < -0.4 is 4.72 Å². The highest BCUT2D eigenvalue weighted by Gasteiger charge is 2.17. The van der Waals surface area contributed by atoms with Crippen molar-refractivity contribution >= 4 is 33.2 Å². The maximum Gasteiger partial charge on any atom is 0.242 e. The number of sulfonamides is 1. The van der Waals surface area contributed by atoms with Crippen molar-refractivity contribution in [2.24, 2.45) is 0 Å². The van der Waals surface area contributed by atoms with Gasteiger partial charge in [0.15, 0.2) is 0 Å². The van der Waals surface area contributed by atoms with Gasteiger partial charge in [-0.25, -0.2) is 13.1 Å². The third kappa shape index (κ3) is 3.48. The van der Waals surface area contributed by atoms with Crippen LogP contribution in [0, 0.1) is 0 Å². The Bertz CT molecular complexity index is 687. The van der Waals surface area contributed by atoms with Crippen molar-refractivity contribution in [2.75, 3.05) is 0 Å². The van der Waals surface area contributed by atoms with E-state index in [1.807, 2.05) is 0 Å². The van der Waals surface area contributed by atoms with E-state index in [4.69, 9.17) is 23.2 Å². The van der Waals surface area contributed by atoms with E-state index in [9.17, 15) is 8.42 Å². The number of benzene rings is 2. The Morgan fingerprint density at radius 3 is 2.11 bits per heavy atom. The van der Waals surface area contributed by atoms with E-state index in [1.165, 1.54) is 12.1 Å². The Balaban J connectivity index is 2.20. The van der Waals surface area contributed by atoms with Crippen molar-refractivity contribution in [1.29, 1.82) is 0 Å². The van der Waals surface area contributed by atoms with Crippen LogP contribution in [-0.4, -0.2) is 8.42 Å². The third-order valence-corrected chi connectivity index (χ3v) is 4.81. The first-order valence-corrected chi connectivity index (χ1v) is 7.72. The zero-order chi connectivity index (χ0) is 13.9. The number of halogens is 2. The average Bonchev–Trinajstić information content (AvgIpc) is 2.38. The van der Waals surface area contributed by atoms with Gasteiger partial charge < -0.3 is 0 Å². The molecule has 100 valence electrons. The lowest BCUT2D eigenvalue weighted by atomic mass is 10.2. The first-order valence-electron chi connectivity index (χ1n) is 5.48. The molecule has 0 aliphatic rings. The minimum absolute atomic E-state index is 0.0590. The summed E-state index contributed by atoms with van der Waals surface area (Å²) < 4.78 is 26.7. The average molecular weight is 316 g/mol. The monoisotopic (exact) mass is 315 g/mol. The molecule has 3 nitrogen and oxygen atoms in total. The van der Waals surface area contributed by atoms with Crippen LogP contribution >= 0.6 is 23.2 Å². The van der Waals surface area contributed by atoms with Gasteiger partial charge in [0.1, 0.15) is 4.90 Å². The second kappa shape index (κ2) is 5.92. The molecule has 1 N–H and O–H groups in total. The number of hydrogen-bond acceptors (Lipinski definition) is 2. The second-order valence-corrected chi connectivity index (χ2v) is 6.40. The maximum atomic E-state index is 12.1. The molecule has 2 aromatic rings. The van der Waals surface area contributed by atoms with Crippen LogP contribution in [0.1, 0.15) is 5.56 Å². The van der Waals surface area contributed by atoms with Crippen molar-refractivity contribution in [2.45, 2.75) is 11.4 Å². The number of rotatable bonds is 4. The summed E-state index contributed by atoms with van der Waals surface area (Å²) in [5.74, 6) is 0. The van der Waals surface area contributed by atoms with Crippen LogP contribution in [0.25, 0.3) is 0 Å². The van der Waals surface area contributed by atoms with E-state index in [0.29, 0.717) is 10.6 Å². The second-order valence-electron chi connectivity index (χ2n) is 3.85. The molecule has 0 aromatic heterocycles. The third-order valence-electron chi connectivity index (χ3n) is 2.54. The topological polar surface area (TPSA) is 46.2 Å². The Morgan fingerprint density at radius 1 is 0.895 bits per heavy atom. The summed E-state index contributed by atoms with van der Waals surface area (Å²) in [6.45, 7) is 0.118. The van der Waals surface area contributed by atoms with Crippen LogP contribution in [0.15, 0.2) is 53.4 Å². The van der Waals surface area contributed by atoms with Crippen molar-refractivity contribution in [3.05, 3.63) is 64.1 Å². The molecule has 0 saturated heterocycles. The quantitative estimate of drug-likeness (QED) is 0.939. The molecule has 0 radical (unpaired) electrons. The molecule has 0 aliphatic carbocycles. The van der Waals surface area contributed by atoms with E-state index in [2.05, 4.69) is 4.72 Å². The fourth-order valence-corrected chi connectivity index (χ4v) is 3.28. The molecular formula is C13H11Cl2NO2S. The predicted octanol–water partition coefficient (Wildman–Crippen LogP) is 3.47. The van der Waals surface area contributed by atoms with Gasteiger partial charge in [-0.3, -0.25) is 0 Å². The molecule has 0 unspecified atom stereocenters. The smallest absolute Gasteiger partial charge is 0.207 e. The van der Waals surface area contributed by atoms with Crippen LogP contribution in [0.2, 0.25) is 10.0 Å². The fourth-order valence-electron chi connectivity index (χ4n) is 1.55. The molecule has 6 heteroatoms. The summed E-state index contributed by atoms with van der Waals surface area (Å²) >= 11 is 11.8. The molecule has 2 aromatic carbocycles. The SMILES string of the molecule is O=S(=O)(NCc1ccccc1Cl)c1ccccc1Cl. The molecular weight excluding hydrogens is 305 g/mol. The molecule has 0 fully saturated rings. The standard InChI is InChI=1S/C13H11Cl2NO2S/c14-11-6-2-1-5-10(11)9-16-19(17,18)13-8-4-3-7-12(13)15/h1-8,16H,9H2. The van der Waals surface area contributed by atoms with Crippen LogP contribution in [-0.2, 0) is 16.6 Å². The molecule has 0 aliphatic heterocycles. The van der Waals surface area contributed by atoms with E-state index in [0.717, 1.165) is 0 Å². The van der Waals surface area contributed by atoms with Gasteiger partial charge in [-0.05, 0) is 23.8 Å². The number of hydrogen-bond donors (Lipinski definition) is 1. The highest BCUT2D eigenvalue weighted by atomic mass is 35.5. The maximum absolute atomic E-state index is 12.1. The minimum atomic E-state index is -3.65. The molecule has 0 bridgehead atoms. The van der Waals surface area contributed by atoms with Gasteiger partial charge >= 0.3 is 0 Å². The molecule has 0 atom stereocenters. The van der Waals surface area contributed by atoms with Crippen molar-refractivity contribution in [3.8, 4) is 0 Å². The highest BCUT2D eigenvalue weighted by Crippen LogP contribution is 2.21. The van der Waals surface area contributed by atoms with Crippen molar-refractivity contribution in [3.63, 3.8) is 0 Å². The van der Waals surface area contributed by atoms with E-state index >= 15 is 0 Å². The van der Waals surface area contributed by atoms with Crippen LogP contribution in [0.5, 0.6) is 0 Å². The van der Waals surface area contributed by atoms with E-state index < -0.39 is 10.0 Å². The van der Waals surface area contributed by atoms with Crippen molar-refractivity contribution < 1.29 is 8.42 Å². The van der Waals surface area contributed by atoms with Gasteiger partial charge in [-0.1, -0.05) is 53.5 Å². The fraction of sp³-hybridized carbons (Fsp3) is 0.0769. The minimum Gasteiger partial charge on any atom is -0.207 e. The molecule has 0 spiro atoms. The molecule has 19 heavy (non-hydrogen) atoms. The lowest BCUT2D eigenvalue weighted by Gasteiger charge is -2.09. The zero-order valence-electron chi connectivity index (χ0n) is 9.81. The van der Waals surface area contributed by atoms with Crippen LogP contribution in [0.4, 0.5) is 0 Å². The first-order chi connectivity index (χ1) is 9.00. The van der Waals surface area contributed by atoms with E-state index in [1.54, 1.807) is 36.4 Å². The predicted molar refractivity (Wildman–Crippen MR) is 76.9 cm³/mol. The Labute approximate surface area is 122 Å². The van der Waals surface area contributed by atoms with E-state index in [-0.39, 0.29) is 16.5 Å². The normalized spacial score (nSPS) is 11.5. The van der Waals surface area contributed by atoms with Gasteiger partial charge in [0.05, 0.1) is 5.02 Å². The largest absolute Gasteiger partial charge is 0.242 e. The van der Waals surface area contributed by atoms with Gasteiger partial charge in [0.2, 0.25) is 10.0 Å². The summed E-state index contributed by atoms with van der Waals surface area (Å²) in [5.41, 5.74) is 0.708. The lowest BCUT2D eigenvalue weighted by molar-refractivity contribution is 0.581. The summed E-state index contributed by atoms with van der Waals surface area (Å²) in [4.78, 5) is 0.0590. The van der Waals surface area contributed by atoms with Crippen molar-refractivity contribution in [1.82, 2.24) is 4.72 Å². The van der Waals surface area contributed by atoms with Crippen LogP contribution in [0.3, 0.4) is 0 Å². The van der Waals surface area contributed by atoms with Gasteiger partial charge in [-0.15, -0.1) is 0 Å². The van der Waals surface area contributed by atoms with Gasteiger partial charge in [-0.2, -0.15) is 0 Å². The molecule has 0 heterocycles.